The summed E-state index contributed by atoms with van der Waals surface area (Å²) in [5.41, 5.74) is 10.5. The number of nitrogens with zero attached hydrogens (tertiary/aromatic N) is 1. The molecule has 0 aliphatic heterocycles. The predicted octanol–water partition coefficient (Wildman–Crippen LogP) is 2.93. The molecular formula is C11H12ClN3. The molecule has 2 aromatic rings. The first-order chi connectivity index (χ1) is 7.09. The van der Waals surface area contributed by atoms with E-state index in [4.69, 9.17) is 17.3 Å². The average molecular weight is 222 g/mol. The molecule has 0 saturated carbocycles. The lowest BCUT2D eigenvalue weighted by Crippen LogP contribution is -1.91. The Bertz CT molecular complexity index is 503. The van der Waals surface area contributed by atoms with Crippen LogP contribution in [0.5, 0.6) is 0 Å². The van der Waals surface area contributed by atoms with Gasteiger partial charge in [-0.3, -0.25) is 5.10 Å². The van der Waals surface area contributed by atoms with Gasteiger partial charge in [-0.2, -0.15) is 5.10 Å². The number of aromatic amines is 1. The third-order valence-corrected chi connectivity index (χ3v) is 2.76. The molecule has 78 valence electrons. The van der Waals surface area contributed by atoms with Crippen molar-refractivity contribution in [2.24, 2.45) is 0 Å². The Morgan fingerprint density at radius 2 is 2.07 bits per heavy atom. The van der Waals surface area contributed by atoms with Crippen molar-refractivity contribution in [3.8, 4) is 11.3 Å². The molecule has 15 heavy (non-hydrogen) atoms. The van der Waals surface area contributed by atoms with Gasteiger partial charge in [-0.05, 0) is 37.6 Å². The van der Waals surface area contributed by atoms with Crippen molar-refractivity contribution in [2.75, 3.05) is 5.73 Å². The van der Waals surface area contributed by atoms with Gasteiger partial charge in [-0.15, -0.1) is 0 Å². The molecule has 0 unspecified atom stereocenters. The predicted molar refractivity (Wildman–Crippen MR) is 62.9 cm³/mol. The number of benzene rings is 1. The van der Waals surface area contributed by atoms with Crippen LogP contribution in [-0.2, 0) is 0 Å². The minimum atomic E-state index is 0.666. The highest BCUT2D eigenvalue weighted by Gasteiger charge is 2.11. The van der Waals surface area contributed by atoms with E-state index in [9.17, 15) is 0 Å². The fourth-order valence-electron chi connectivity index (χ4n) is 1.48. The van der Waals surface area contributed by atoms with E-state index in [0.717, 1.165) is 22.5 Å². The molecule has 0 spiro atoms. The van der Waals surface area contributed by atoms with Crippen molar-refractivity contribution in [3.05, 3.63) is 34.5 Å². The van der Waals surface area contributed by atoms with Gasteiger partial charge in [0.25, 0.3) is 0 Å². The van der Waals surface area contributed by atoms with E-state index in [2.05, 4.69) is 10.2 Å². The number of nitrogens with one attached hydrogen (secondary N) is 1. The van der Waals surface area contributed by atoms with E-state index in [-0.39, 0.29) is 0 Å². The monoisotopic (exact) mass is 221 g/mol. The molecule has 0 saturated heterocycles. The van der Waals surface area contributed by atoms with Gasteiger partial charge in [0.1, 0.15) is 0 Å². The molecule has 4 heteroatoms. The van der Waals surface area contributed by atoms with Crippen LogP contribution in [0.2, 0.25) is 5.02 Å². The van der Waals surface area contributed by atoms with Crippen LogP contribution in [0.3, 0.4) is 0 Å². The summed E-state index contributed by atoms with van der Waals surface area (Å²) in [5.74, 6) is 0. The topological polar surface area (TPSA) is 54.7 Å². The summed E-state index contributed by atoms with van der Waals surface area (Å²) in [6, 6.07) is 5.40. The Kier molecular flexibility index (Phi) is 2.40. The van der Waals surface area contributed by atoms with Crippen LogP contribution in [0.1, 0.15) is 11.3 Å². The minimum absolute atomic E-state index is 0.666. The third kappa shape index (κ3) is 1.70. The quantitative estimate of drug-likeness (QED) is 0.728. The molecule has 3 N–H and O–H groups in total. The lowest BCUT2D eigenvalue weighted by molar-refractivity contribution is 1.05. The number of hydrogen-bond acceptors (Lipinski definition) is 2. The second-order valence-electron chi connectivity index (χ2n) is 3.55. The molecule has 0 aliphatic rings. The number of H-pyrrole nitrogens is 1. The van der Waals surface area contributed by atoms with Crippen molar-refractivity contribution in [3.63, 3.8) is 0 Å². The van der Waals surface area contributed by atoms with Crippen LogP contribution in [0, 0.1) is 13.8 Å². The van der Waals surface area contributed by atoms with E-state index in [1.54, 1.807) is 12.1 Å². The van der Waals surface area contributed by atoms with E-state index >= 15 is 0 Å². The van der Waals surface area contributed by atoms with E-state index in [0.29, 0.717) is 10.7 Å². The molecule has 0 atom stereocenters. The van der Waals surface area contributed by atoms with Gasteiger partial charge in [0, 0.05) is 22.0 Å². The second-order valence-corrected chi connectivity index (χ2v) is 3.99. The number of halogens is 1. The summed E-state index contributed by atoms with van der Waals surface area (Å²) in [7, 11) is 0. The van der Waals surface area contributed by atoms with Crippen molar-refractivity contribution in [1.29, 1.82) is 0 Å². The summed E-state index contributed by atoms with van der Waals surface area (Å²) in [6.45, 7) is 3.99. The molecule has 2 rings (SSSR count). The van der Waals surface area contributed by atoms with Gasteiger partial charge < -0.3 is 5.73 Å². The van der Waals surface area contributed by atoms with Crippen LogP contribution < -0.4 is 5.73 Å². The maximum atomic E-state index is 5.93. The smallest absolute Gasteiger partial charge is 0.0973 e. The SMILES string of the molecule is Cc1[nH]nc(-c2cc(Cl)ccc2N)c1C. The maximum Gasteiger partial charge on any atom is 0.0973 e. The number of aromatic nitrogens is 2. The standard InChI is InChI=1S/C11H12ClN3/c1-6-7(2)14-15-11(6)9-5-8(12)3-4-10(9)13/h3-5H,13H2,1-2H3,(H,14,15). The highest BCUT2D eigenvalue weighted by molar-refractivity contribution is 6.31. The first-order valence-corrected chi connectivity index (χ1v) is 5.04. The Morgan fingerprint density at radius 1 is 1.33 bits per heavy atom. The van der Waals surface area contributed by atoms with E-state index in [1.807, 2.05) is 19.9 Å². The van der Waals surface area contributed by atoms with Crippen LogP contribution in [-0.4, -0.2) is 10.2 Å². The Morgan fingerprint density at radius 3 is 2.67 bits per heavy atom. The first-order valence-electron chi connectivity index (χ1n) is 4.66. The molecule has 3 nitrogen and oxygen atoms in total. The van der Waals surface area contributed by atoms with E-state index < -0.39 is 0 Å². The summed E-state index contributed by atoms with van der Waals surface area (Å²) in [5, 5.41) is 7.82. The molecular weight excluding hydrogens is 210 g/mol. The first kappa shape index (κ1) is 10.1. The van der Waals surface area contributed by atoms with Gasteiger partial charge in [0.05, 0.1) is 5.69 Å². The summed E-state index contributed by atoms with van der Waals surface area (Å²) in [4.78, 5) is 0. The zero-order chi connectivity index (χ0) is 11.0. The second kappa shape index (κ2) is 3.59. The van der Waals surface area contributed by atoms with Gasteiger partial charge in [0.15, 0.2) is 0 Å². The van der Waals surface area contributed by atoms with Gasteiger partial charge in [-0.25, -0.2) is 0 Å². The highest BCUT2D eigenvalue weighted by atomic mass is 35.5. The molecule has 1 aromatic carbocycles. The van der Waals surface area contributed by atoms with Crippen molar-refractivity contribution >= 4 is 17.3 Å². The van der Waals surface area contributed by atoms with Gasteiger partial charge in [0.2, 0.25) is 0 Å². The normalized spacial score (nSPS) is 10.6. The fourth-order valence-corrected chi connectivity index (χ4v) is 1.65. The summed E-state index contributed by atoms with van der Waals surface area (Å²) >= 11 is 5.93. The third-order valence-electron chi connectivity index (χ3n) is 2.52. The lowest BCUT2D eigenvalue weighted by Gasteiger charge is -2.04. The maximum absolute atomic E-state index is 5.93. The van der Waals surface area contributed by atoms with Crippen molar-refractivity contribution < 1.29 is 0 Å². The summed E-state index contributed by atoms with van der Waals surface area (Å²) in [6.07, 6.45) is 0. The number of rotatable bonds is 1. The Balaban J connectivity index is 2.63. The van der Waals surface area contributed by atoms with Crippen LogP contribution in [0.15, 0.2) is 18.2 Å². The van der Waals surface area contributed by atoms with E-state index in [1.165, 1.54) is 0 Å². The molecule has 1 heterocycles. The molecule has 0 bridgehead atoms. The molecule has 0 fully saturated rings. The van der Waals surface area contributed by atoms with Crippen LogP contribution in [0.4, 0.5) is 5.69 Å². The van der Waals surface area contributed by atoms with Crippen molar-refractivity contribution in [1.82, 2.24) is 10.2 Å². The van der Waals surface area contributed by atoms with Crippen molar-refractivity contribution in [2.45, 2.75) is 13.8 Å². The van der Waals surface area contributed by atoms with Gasteiger partial charge in [-0.1, -0.05) is 11.6 Å². The Hall–Kier alpha value is -1.48. The van der Waals surface area contributed by atoms with Crippen LogP contribution >= 0.6 is 11.6 Å². The zero-order valence-electron chi connectivity index (χ0n) is 8.63. The van der Waals surface area contributed by atoms with Gasteiger partial charge >= 0.3 is 0 Å². The van der Waals surface area contributed by atoms with Crippen LogP contribution in [0.25, 0.3) is 11.3 Å². The average Bonchev–Trinajstić information content (AvgIpc) is 2.52. The Labute approximate surface area is 93.3 Å². The lowest BCUT2D eigenvalue weighted by atomic mass is 10.1. The number of nitrogen functional groups attached to an aromatic ring is 1. The number of anilines is 1. The largest absolute Gasteiger partial charge is 0.398 e. The highest BCUT2D eigenvalue weighted by Crippen LogP contribution is 2.30. The zero-order valence-corrected chi connectivity index (χ0v) is 9.39. The molecule has 0 radical (unpaired) electrons. The fraction of sp³-hybridized carbons (Fsp3) is 0.182. The number of hydrogen-bond donors (Lipinski definition) is 2. The number of aryl methyl sites for hydroxylation is 1. The molecule has 1 aromatic heterocycles. The number of nitrogens with two attached hydrogens (primary N) is 1. The summed E-state index contributed by atoms with van der Waals surface area (Å²) < 4.78 is 0. The minimum Gasteiger partial charge on any atom is -0.398 e. The molecule has 0 aliphatic carbocycles. The molecule has 0 amide bonds.